The molecule has 0 bridgehead atoms. The van der Waals surface area contributed by atoms with E-state index in [-0.39, 0.29) is 17.9 Å². The molecule has 1 saturated carbocycles. The zero-order valence-corrected chi connectivity index (χ0v) is 9.49. The Balaban J connectivity index is 2.62. The van der Waals surface area contributed by atoms with Crippen molar-refractivity contribution in [3.8, 4) is 0 Å². The van der Waals surface area contributed by atoms with Crippen LogP contribution in [0, 0.1) is 11.8 Å². The highest BCUT2D eigenvalue weighted by Gasteiger charge is 2.33. The van der Waals surface area contributed by atoms with Gasteiger partial charge in [-0.15, -0.1) is 0 Å². The maximum absolute atomic E-state index is 12.0. The molecule has 2 N–H and O–H groups in total. The number of carbonyl (C=O) groups excluding carboxylic acids is 1. The quantitative estimate of drug-likeness (QED) is 0.725. The van der Waals surface area contributed by atoms with Crippen LogP contribution in [0.1, 0.15) is 33.1 Å². The van der Waals surface area contributed by atoms with Crippen LogP contribution in [0.15, 0.2) is 0 Å². The van der Waals surface area contributed by atoms with Crippen LogP contribution in [0.4, 0.5) is 0 Å². The van der Waals surface area contributed by atoms with Gasteiger partial charge >= 0.3 is 0 Å². The molecule has 0 aromatic carbocycles. The molecule has 0 spiro atoms. The predicted molar refractivity (Wildman–Crippen MR) is 57.8 cm³/mol. The fraction of sp³-hybridized carbons (Fsp3) is 0.909. The molecule has 0 aromatic rings. The van der Waals surface area contributed by atoms with Gasteiger partial charge in [-0.3, -0.25) is 4.79 Å². The van der Waals surface area contributed by atoms with Crippen LogP contribution in [0.2, 0.25) is 0 Å². The van der Waals surface area contributed by atoms with Gasteiger partial charge in [-0.25, -0.2) is 0 Å². The minimum atomic E-state index is 0.156. The third-order valence-corrected chi connectivity index (χ3v) is 3.53. The van der Waals surface area contributed by atoms with Crippen molar-refractivity contribution in [3.63, 3.8) is 0 Å². The first kappa shape index (κ1) is 11.5. The summed E-state index contributed by atoms with van der Waals surface area (Å²) in [6.07, 6.45) is 3.18. The second-order valence-electron chi connectivity index (χ2n) is 4.41. The van der Waals surface area contributed by atoms with Crippen LogP contribution in [-0.4, -0.2) is 30.4 Å². The Hall–Kier alpha value is -0.570. The predicted octanol–water partition coefficient (Wildman–Crippen LogP) is 1.23. The molecule has 1 aliphatic carbocycles. The second kappa shape index (κ2) is 4.78. The van der Waals surface area contributed by atoms with Gasteiger partial charge in [0.05, 0.1) is 0 Å². The van der Waals surface area contributed by atoms with Gasteiger partial charge in [-0.05, 0) is 25.7 Å². The summed E-state index contributed by atoms with van der Waals surface area (Å²) in [5.41, 5.74) is 5.98. The number of hydrogen-bond donors (Lipinski definition) is 1. The summed E-state index contributed by atoms with van der Waals surface area (Å²) in [6.45, 7) is 4.90. The first-order valence-corrected chi connectivity index (χ1v) is 5.58. The summed E-state index contributed by atoms with van der Waals surface area (Å²) in [5, 5.41) is 0. The Morgan fingerprint density at radius 2 is 2.14 bits per heavy atom. The molecule has 3 unspecified atom stereocenters. The lowest BCUT2D eigenvalue weighted by molar-refractivity contribution is -0.137. The molecular weight excluding hydrogens is 176 g/mol. The number of amides is 1. The van der Waals surface area contributed by atoms with E-state index in [0.717, 1.165) is 25.8 Å². The zero-order valence-electron chi connectivity index (χ0n) is 9.49. The number of nitrogens with zero attached hydrogens (tertiary/aromatic N) is 1. The van der Waals surface area contributed by atoms with E-state index in [2.05, 4.69) is 6.92 Å². The molecule has 0 heterocycles. The van der Waals surface area contributed by atoms with Crippen LogP contribution >= 0.6 is 0 Å². The first-order chi connectivity index (χ1) is 6.57. The van der Waals surface area contributed by atoms with Crippen molar-refractivity contribution in [1.29, 1.82) is 0 Å². The third kappa shape index (κ3) is 2.27. The summed E-state index contributed by atoms with van der Waals surface area (Å²) in [4.78, 5) is 13.8. The normalized spacial score (nSPS) is 32.7. The van der Waals surface area contributed by atoms with Crippen molar-refractivity contribution in [2.24, 2.45) is 17.6 Å². The summed E-state index contributed by atoms with van der Waals surface area (Å²) < 4.78 is 0. The largest absolute Gasteiger partial charge is 0.346 e. The molecule has 0 aromatic heterocycles. The van der Waals surface area contributed by atoms with Gasteiger partial charge in [-0.1, -0.05) is 13.3 Å². The average molecular weight is 198 g/mol. The van der Waals surface area contributed by atoms with Crippen LogP contribution in [-0.2, 0) is 4.79 Å². The van der Waals surface area contributed by atoms with E-state index in [1.54, 1.807) is 4.90 Å². The Kier molecular flexibility index (Phi) is 3.93. The number of rotatable bonds is 2. The van der Waals surface area contributed by atoms with Crippen molar-refractivity contribution >= 4 is 5.91 Å². The number of carbonyl (C=O) groups is 1. The minimum absolute atomic E-state index is 0.156. The Morgan fingerprint density at radius 1 is 1.50 bits per heavy atom. The van der Waals surface area contributed by atoms with E-state index < -0.39 is 0 Å². The van der Waals surface area contributed by atoms with Crippen LogP contribution < -0.4 is 5.73 Å². The Labute approximate surface area is 86.6 Å². The van der Waals surface area contributed by atoms with Gasteiger partial charge in [0, 0.05) is 25.6 Å². The lowest BCUT2D eigenvalue weighted by atomic mass is 9.76. The van der Waals surface area contributed by atoms with Crippen LogP contribution in [0.5, 0.6) is 0 Å². The fourth-order valence-electron chi connectivity index (χ4n) is 2.18. The van der Waals surface area contributed by atoms with Gasteiger partial charge < -0.3 is 10.6 Å². The number of nitrogens with two attached hydrogens (primary N) is 1. The second-order valence-corrected chi connectivity index (χ2v) is 4.41. The average Bonchev–Trinajstić information content (AvgIpc) is 2.20. The molecule has 3 heteroatoms. The molecule has 1 rings (SSSR count). The summed E-state index contributed by atoms with van der Waals surface area (Å²) in [6, 6.07) is 0.211. The SMILES string of the molecule is CCN(C)C(=O)C1CCCC(N)C1C. The molecule has 14 heavy (non-hydrogen) atoms. The van der Waals surface area contributed by atoms with Gasteiger partial charge in [0.1, 0.15) is 0 Å². The molecule has 0 radical (unpaired) electrons. The van der Waals surface area contributed by atoms with E-state index in [4.69, 9.17) is 5.73 Å². The molecular formula is C11H22N2O. The summed E-state index contributed by atoms with van der Waals surface area (Å²) in [7, 11) is 1.87. The van der Waals surface area contributed by atoms with Gasteiger partial charge in [0.25, 0.3) is 0 Å². The van der Waals surface area contributed by atoms with Crippen molar-refractivity contribution in [3.05, 3.63) is 0 Å². The smallest absolute Gasteiger partial charge is 0.225 e. The van der Waals surface area contributed by atoms with E-state index in [1.165, 1.54) is 0 Å². The monoisotopic (exact) mass is 198 g/mol. The maximum atomic E-state index is 12.0. The van der Waals surface area contributed by atoms with E-state index in [0.29, 0.717) is 5.92 Å². The van der Waals surface area contributed by atoms with Gasteiger partial charge in [0.15, 0.2) is 0 Å². The maximum Gasteiger partial charge on any atom is 0.225 e. The molecule has 82 valence electrons. The van der Waals surface area contributed by atoms with Gasteiger partial charge in [-0.2, -0.15) is 0 Å². The van der Waals surface area contributed by atoms with Gasteiger partial charge in [0.2, 0.25) is 5.91 Å². The lowest BCUT2D eigenvalue weighted by Crippen LogP contribution is -2.44. The van der Waals surface area contributed by atoms with E-state index in [1.807, 2.05) is 14.0 Å². The van der Waals surface area contributed by atoms with Crippen molar-refractivity contribution < 1.29 is 4.79 Å². The molecule has 1 fully saturated rings. The van der Waals surface area contributed by atoms with Crippen LogP contribution in [0.3, 0.4) is 0 Å². The molecule has 3 nitrogen and oxygen atoms in total. The Morgan fingerprint density at radius 3 is 2.71 bits per heavy atom. The van der Waals surface area contributed by atoms with Crippen molar-refractivity contribution in [1.82, 2.24) is 4.90 Å². The zero-order chi connectivity index (χ0) is 10.7. The highest BCUT2D eigenvalue weighted by atomic mass is 16.2. The van der Waals surface area contributed by atoms with E-state index in [9.17, 15) is 4.79 Å². The highest BCUT2D eigenvalue weighted by molar-refractivity contribution is 5.79. The molecule has 0 saturated heterocycles. The van der Waals surface area contributed by atoms with Crippen molar-refractivity contribution in [2.45, 2.75) is 39.2 Å². The molecule has 1 aliphatic rings. The lowest BCUT2D eigenvalue weighted by Gasteiger charge is -2.34. The van der Waals surface area contributed by atoms with Crippen LogP contribution in [0.25, 0.3) is 0 Å². The summed E-state index contributed by atoms with van der Waals surface area (Å²) >= 11 is 0. The molecule has 0 aliphatic heterocycles. The topological polar surface area (TPSA) is 46.3 Å². The fourth-order valence-corrected chi connectivity index (χ4v) is 2.18. The molecule has 1 amide bonds. The summed E-state index contributed by atoms with van der Waals surface area (Å²) in [5.74, 6) is 0.768. The minimum Gasteiger partial charge on any atom is -0.346 e. The van der Waals surface area contributed by atoms with Crippen molar-refractivity contribution in [2.75, 3.05) is 13.6 Å². The highest BCUT2D eigenvalue weighted by Crippen LogP contribution is 2.30. The first-order valence-electron chi connectivity index (χ1n) is 5.58. The Bertz CT molecular complexity index is 205. The molecule has 3 atom stereocenters. The number of hydrogen-bond acceptors (Lipinski definition) is 2. The standard InChI is InChI=1S/C11H22N2O/c1-4-13(3)11(14)9-6-5-7-10(12)8(9)2/h8-10H,4-7,12H2,1-3H3. The van der Waals surface area contributed by atoms with E-state index >= 15 is 0 Å². The third-order valence-electron chi connectivity index (χ3n) is 3.53.